The van der Waals surface area contributed by atoms with Gasteiger partial charge in [-0.3, -0.25) is 4.79 Å². The number of hydrogen-bond acceptors (Lipinski definition) is 3. The van der Waals surface area contributed by atoms with Crippen LogP contribution in [-0.4, -0.2) is 29.6 Å². The number of hydrogen-bond donors (Lipinski definition) is 2. The van der Waals surface area contributed by atoms with Crippen molar-refractivity contribution in [3.63, 3.8) is 0 Å². The van der Waals surface area contributed by atoms with Gasteiger partial charge in [-0.15, -0.1) is 0 Å². The SMILES string of the molecule is CC(C)N(CC(N)=O)c1ccc(Br)cc1C(=O)O. The second kappa shape index (κ2) is 5.86. The number of carboxylic acids is 1. The summed E-state index contributed by atoms with van der Waals surface area (Å²) in [6.07, 6.45) is 0. The number of primary amides is 1. The van der Waals surface area contributed by atoms with Crippen LogP contribution in [0.3, 0.4) is 0 Å². The number of benzene rings is 1. The molecule has 5 nitrogen and oxygen atoms in total. The topological polar surface area (TPSA) is 83.6 Å². The molecule has 0 unspecified atom stereocenters. The molecule has 0 bridgehead atoms. The van der Waals surface area contributed by atoms with Gasteiger partial charge in [-0.1, -0.05) is 15.9 Å². The van der Waals surface area contributed by atoms with Crippen LogP contribution in [0.25, 0.3) is 0 Å². The number of nitrogens with two attached hydrogens (primary N) is 1. The minimum atomic E-state index is -1.04. The maximum Gasteiger partial charge on any atom is 0.337 e. The van der Waals surface area contributed by atoms with E-state index in [1.54, 1.807) is 17.0 Å². The van der Waals surface area contributed by atoms with E-state index in [0.29, 0.717) is 10.2 Å². The summed E-state index contributed by atoms with van der Waals surface area (Å²) in [5.74, 6) is -1.54. The smallest absolute Gasteiger partial charge is 0.337 e. The average Bonchev–Trinajstić information content (AvgIpc) is 2.25. The largest absolute Gasteiger partial charge is 0.478 e. The molecule has 0 saturated heterocycles. The van der Waals surface area contributed by atoms with E-state index in [1.165, 1.54) is 6.07 Å². The highest BCUT2D eigenvalue weighted by Crippen LogP contribution is 2.26. The Bertz CT molecular complexity index is 474. The van der Waals surface area contributed by atoms with E-state index >= 15 is 0 Å². The van der Waals surface area contributed by atoms with Crippen LogP contribution in [0.5, 0.6) is 0 Å². The summed E-state index contributed by atoms with van der Waals surface area (Å²) < 4.78 is 0.673. The van der Waals surface area contributed by atoms with Crippen molar-refractivity contribution in [1.82, 2.24) is 0 Å². The molecule has 1 rings (SSSR count). The molecule has 6 heteroatoms. The Kier molecular flexibility index (Phi) is 4.72. The van der Waals surface area contributed by atoms with Gasteiger partial charge in [-0.2, -0.15) is 0 Å². The first-order chi connectivity index (χ1) is 8.32. The fourth-order valence-corrected chi connectivity index (χ4v) is 2.00. The van der Waals surface area contributed by atoms with Crippen molar-refractivity contribution in [2.75, 3.05) is 11.4 Å². The molecule has 0 aromatic heterocycles. The van der Waals surface area contributed by atoms with Gasteiger partial charge < -0.3 is 15.7 Å². The first kappa shape index (κ1) is 14.5. The third-order valence-corrected chi connectivity index (χ3v) is 2.94. The van der Waals surface area contributed by atoms with Gasteiger partial charge in [-0.05, 0) is 32.0 Å². The number of amides is 1. The van der Waals surface area contributed by atoms with E-state index in [-0.39, 0.29) is 18.2 Å². The van der Waals surface area contributed by atoms with Gasteiger partial charge in [0.2, 0.25) is 5.91 Å². The molecular formula is C12H15BrN2O3. The van der Waals surface area contributed by atoms with E-state index in [9.17, 15) is 14.7 Å². The number of carbonyl (C=O) groups is 2. The molecule has 0 heterocycles. The highest BCUT2D eigenvalue weighted by molar-refractivity contribution is 9.10. The Morgan fingerprint density at radius 3 is 2.50 bits per heavy atom. The van der Waals surface area contributed by atoms with Crippen LogP contribution in [0.15, 0.2) is 22.7 Å². The summed E-state index contributed by atoms with van der Waals surface area (Å²) in [6.45, 7) is 3.73. The highest BCUT2D eigenvalue weighted by Gasteiger charge is 2.20. The molecule has 1 aromatic rings. The van der Waals surface area contributed by atoms with Gasteiger partial charge >= 0.3 is 5.97 Å². The van der Waals surface area contributed by atoms with Gasteiger partial charge in [0.05, 0.1) is 17.8 Å². The lowest BCUT2D eigenvalue weighted by Crippen LogP contribution is -2.39. The van der Waals surface area contributed by atoms with Crippen molar-refractivity contribution in [1.29, 1.82) is 0 Å². The summed E-state index contributed by atoms with van der Waals surface area (Å²) in [4.78, 5) is 23.9. The van der Waals surface area contributed by atoms with Crippen molar-refractivity contribution >= 4 is 33.5 Å². The zero-order chi connectivity index (χ0) is 13.9. The molecule has 0 atom stereocenters. The van der Waals surface area contributed by atoms with Crippen molar-refractivity contribution in [3.8, 4) is 0 Å². The summed E-state index contributed by atoms with van der Waals surface area (Å²) in [5, 5.41) is 9.19. The number of anilines is 1. The van der Waals surface area contributed by atoms with E-state index in [0.717, 1.165) is 0 Å². The molecule has 0 aliphatic heterocycles. The third-order valence-electron chi connectivity index (χ3n) is 2.45. The van der Waals surface area contributed by atoms with E-state index in [1.807, 2.05) is 13.8 Å². The maximum absolute atomic E-state index is 11.2. The van der Waals surface area contributed by atoms with Crippen LogP contribution in [0.4, 0.5) is 5.69 Å². The third kappa shape index (κ3) is 3.46. The molecule has 0 aliphatic rings. The summed E-state index contributed by atoms with van der Waals surface area (Å²) >= 11 is 3.23. The molecule has 0 saturated carbocycles. The lowest BCUT2D eigenvalue weighted by Gasteiger charge is -2.29. The number of rotatable bonds is 5. The van der Waals surface area contributed by atoms with Crippen LogP contribution in [0.2, 0.25) is 0 Å². The van der Waals surface area contributed by atoms with Gasteiger partial charge in [0, 0.05) is 10.5 Å². The normalized spacial score (nSPS) is 10.4. The second-order valence-electron chi connectivity index (χ2n) is 4.15. The maximum atomic E-state index is 11.2. The molecule has 18 heavy (non-hydrogen) atoms. The number of carboxylic acid groups (broad SMARTS) is 1. The molecule has 1 aromatic carbocycles. The molecule has 0 fully saturated rings. The molecular weight excluding hydrogens is 300 g/mol. The zero-order valence-electron chi connectivity index (χ0n) is 10.2. The Labute approximate surface area is 114 Å². The van der Waals surface area contributed by atoms with Crippen LogP contribution < -0.4 is 10.6 Å². The molecule has 0 radical (unpaired) electrons. The van der Waals surface area contributed by atoms with Gasteiger partial charge in [0.15, 0.2) is 0 Å². The fraction of sp³-hybridized carbons (Fsp3) is 0.333. The number of aromatic carboxylic acids is 1. The number of nitrogens with zero attached hydrogens (tertiary/aromatic N) is 1. The van der Waals surface area contributed by atoms with Crippen LogP contribution in [0, 0.1) is 0 Å². The number of halogens is 1. The quantitative estimate of drug-likeness (QED) is 0.868. The predicted octanol–water partition coefficient (Wildman–Crippen LogP) is 1.85. The summed E-state index contributed by atoms with van der Waals surface area (Å²) in [7, 11) is 0. The molecule has 0 spiro atoms. The van der Waals surface area contributed by atoms with Crippen molar-refractivity contribution in [2.24, 2.45) is 5.73 Å². The Morgan fingerprint density at radius 2 is 2.06 bits per heavy atom. The first-order valence-corrected chi connectivity index (χ1v) is 6.20. The Morgan fingerprint density at radius 1 is 1.44 bits per heavy atom. The Hall–Kier alpha value is -1.56. The van der Waals surface area contributed by atoms with Crippen molar-refractivity contribution < 1.29 is 14.7 Å². The van der Waals surface area contributed by atoms with Gasteiger partial charge in [0.1, 0.15) is 0 Å². The van der Waals surface area contributed by atoms with Crippen molar-refractivity contribution in [3.05, 3.63) is 28.2 Å². The van der Waals surface area contributed by atoms with Crippen molar-refractivity contribution in [2.45, 2.75) is 19.9 Å². The summed E-state index contributed by atoms with van der Waals surface area (Å²) in [6, 6.07) is 4.87. The van der Waals surface area contributed by atoms with Crippen LogP contribution in [-0.2, 0) is 4.79 Å². The Balaban J connectivity index is 3.27. The number of carbonyl (C=O) groups excluding carboxylic acids is 1. The zero-order valence-corrected chi connectivity index (χ0v) is 11.8. The monoisotopic (exact) mass is 314 g/mol. The molecule has 98 valence electrons. The van der Waals surface area contributed by atoms with Crippen LogP contribution >= 0.6 is 15.9 Å². The first-order valence-electron chi connectivity index (χ1n) is 5.40. The minimum absolute atomic E-state index is 0.0143. The minimum Gasteiger partial charge on any atom is -0.478 e. The molecule has 0 aliphatic carbocycles. The van der Waals surface area contributed by atoms with Gasteiger partial charge in [0.25, 0.3) is 0 Å². The lowest BCUT2D eigenvalue weighted by molar-refractivity contribution is -0.116. The van der Waals surface area contributed by atoms with Gasteiger partial charge in [-0.25, -0.2) is 4.79 Å². The lowest BCUT2D eigenvalue weighted by atomic mass is 10.1. The van der Waals surface area contributed by atoms with E-state index < -0.39 is 11.9 Å². The molecule has 3 N–H and O–H groups in total. The average molecular weight is 315 g/mol. The van der Waals surface area contributed by atoms with Crippen LogP contribution in [0.1, 0.15) is 24.2 Å². The highest BCUT2D eigenvalue weighted by atomic mass is 79.9. The summed E-state index contributed by atoms with van der Waals surface area (Å²) in [5.41, 5.74) is 5.81. The second-order valence-corrected chi connectivity index (χ2v) is 5.07. The van der Waals surface area contributed by atoms with E-state index in [4.69, 9.17) is 5.73 Å². The fourth-order valence-electron chi connectivity index (χ4n) is 1.64. The predicted molar refractivity (Wildman–Crippen MR) is 72.8 cm³/mol. The molecule has 1 amide bonds. The standard InChI is InChI=1S/C12H15BrN2O3/c1-7(2)15(6-11(14)16)10-4-3-8(13)5-9(10)12(17)18/h3-5,7H,6H2,1-2H3,(H2,14,16)(H,17,18). The van der Waals surface area contributed by atoms with E-state index in [2.05, 4.69) is 15.9 Å².